The first-order valence-electron chi connectivity index (χ1n) is 6.22. The summed E-state index contributed by atoms with van der Waals surface area (Å²) in [7, 11) is 0. The molecule has 17 heavy (non-hydrogen) atoms. The van der Waals surface area contributed by atoms with Crippen molar-refractivity contribution < 1.29 is 9.60 Å². The third-order valence-corrected chi connectivity index (χ3v) is 3.30. The molecule has 0 aliphatic carbocycles. The second-order valence-electron chi connectivity index (χ2n) is 4.37. The number of hydrogen-bond donors (Lipinski definition) is 2. The highest BCUT2D eigenvalue weighted by atomic mass is 19.1. The van der Waals surface area contributed by atoms with Gasteiger partial charge in [-0.2, -0.15) is 0 Å². The number of oxime groups is 1. The van der Waals surface area contributed by atoms with E-state index >= 15 is 0 Å². The Morgan fingerprint density at radius 2 is 2.06 bits per heavy atom. The van der Waals surface area contributed by atoms with Crippen LogP contribution in [-0.2, 0) is 0 Å². The molecule has 1 saturated heterocycles. The summed E-state index contributed by atoms with van der Waals surface area (Å²) in [6, 6.07) is 0.0170. The van der Waals surface area contributed by atoms with Gasteiger partial charge in [0.15, 0.2) is 5.84 Å². The molecule has 1 unspecified atom stereocenters. The van der Waals surface area contributed by atoms with Gasteiger partial charge in [-0.15, -0.1) is 0 Å². The van der Waals surface area contributed by atoms with Crippen LogP contribution in [0, 0.1) is 0 Å². The van der Waals surface area contributed by atoms with Crippen LogP contribution >= 0.6 is 0 Å². The lowest BCUT2D eigenvalue weighted by molar-refractivity contribution is 0.112. The van der Waals surface area contributed by atoms with Crippen LogP contribution in [0.4, 0.5) is 4.39 Å². The van der Waals surface area contributed by atoms with Gasteiger partial charge in [-0.1, -0.05) is 12.1 Å². The lowest BCUT2D eigenvalue weighted by atomic mass is 10.1. The van der Waals surface area contributed by atoms with Gasteiger partial charge in [-0.3, -0.25) is 9.29 Å². The molecule has 1 aliphatic heterocycles. The summed E-state index contributed by atoms with van der Waals surface area (Å²) in [6.45, 7) is 6.23. The maximum atomic E-state index is 12.1. The van der Waals surface area contributed by atoms with Crippen molar-refractivity contribution >= 4 is 5.84 Å². The molecule has 1 fully saturated rings. The lowest BCUT2D eigenvalue weighted by Gasteiger charge is -2.38. The third-order valence-electron chi connectivity index (χ3n) is 3.30. The molecule has 0 aromatic rings. The first-order valence-corrected chi connectivity index (χ1v) is 6.22. The zero-order valence-electron chi connectivity index (χ0n) is 10.5. The average molecular weight is 246 g/mol. The molecule has 1 rings (SSSR count). The Morgan fingerprint density at radius 1 is 1.41 bits per heavy atom. The second-order valence-corrected chi connectivity index (χ2v) is 4.37. The van der Waals surface area contributed by atoms with E-state index in [0.717, 1.165) is 39.1 Å². The van der Waals surface area contributed by atoms with Crippen LogP contribution in [0.15, 0.2) is 5.16 Å². The van der Waals surface area contributed by atoms with E-state index in [2.05, 4.69) is 15.0 Å². The van der Waals surface area contributed by atoms with Gasteiger partial charge in [0.2, 0.25) is 0 Å². The first-order chi connectivity index (χ1) is 8.22. The van der Waals surface area contributed by atoms with Gasteiger partial charge in [-0.25, -0.2) is 0 Å². The third kappa shape index (κ3) is 4.12. The molecule has 0 spiro atoms. The van der Waals surface area contributed by atoms with Crippen molar-refractivity contribution in [2.75, 3.05) is 39.4 Å². The quantitative estimate of drug-likeness (QED) is 0.310. The van der Waals surface area contributed by atoms with E-state index in [0.29, 0.717) is 6.42 Å². The standard InChI is InChI=1S/C11H23FN4O/c1-2-10(11(13)14-17)16-8-6-15(7-9-16)5-3-4-12/h10,17H,2-9H2,1H3,(H2,13,14). The van der Waals surface area contributed by atoms with Gasteiger partial charge < -0.3 is 15.8 Å². The Kier molecular flexibility index (Phi) is 6.21. The fourth-order valence-corrected chi connectivity index (χ4v) is 2.30. The Morgan fingerprint density at radius 3 is 2.53 bits per heavy atom. The summed E-state index contributed by atoms with van der Waals surface area (Å²) < 4.78 is 12.1. The summed E-state index contributed by atoms with van der Waals surface area (Å²) in [5, 5.41) is 11.8. The SMILES string of the molecule is CCC(C(N)=NO)N1CCN(CCCF)CC1. The summed E-state index contributed by atoms with van der Waals surface area (Å²) in [4.78, 5) is 4.48. The molecule has 3 N–H and O–H groups in total. The van der Waals surface area contributed by atoms with E-state index in [-0.39, 0.29) is 18.6 Å². The largest absolute Gasteiger partial charge is 0.409 e. The van der Waals surface area contributed by atoms with Crippen LogP contribution in [0.5, 0.6) is 0 Å². The van der Waals surface area contributed by atoms with Crippen LogP contribution in [0.3, 0.4) is 0 Å². The molecule has 0 radical (unpaired) electrons. The average Bonchev–Trinajstić information content (AvgIpc) is 2.38. The highest BCUT2D eigenvalue weighted by Crippen LogP contribution is 2.10. The van der Waals surface area contributed by atoms with Crippen molar-refractivity contribution in [3.63, 3.8) is 0 Å². The van der Waals surface area contributed by atoms with Crippen molar-refractivity contribution in [2.45, 2.75) is 25.8 Å². The van der Waals surface area contributed by atoms with Crippen LogP contribution in [0.1, 0.15) is 19.8 Å². The molecule has 5 nitrogen and oxygen atoms in total. The fraction of sp³-hybridized carbons (Fsp3) is 0.909. The number of alkyl halides is 1. The summed E-state index contributed by atoms with van der Waals surface area (Å²) in [6.07, 6.45) is 1.44. The maximum Gasteiger partial charge on any atom is 0.156 e. The molecule has 1 atom stereocenters. The van der Waals surface area contributed by atoms with Crippen LogP contribution in [0.25, 0.3) is 0 Å². The normalized spacial score (nSPS) is 21.6. The molecule has 6 heteroatoms. The van der Waals surface area contributed by atoms with Crippen LogP contribution < -0.4 is 5.73 Å². The van der Waals surface area contributed by atoms with Gasteiger partial charge in [0.05, 0.1) is 12.7 Å². The maximum absolute atomic E-state index is 12.1. The number of amidine groups is 1. The summed E-state index contributed by atoms with van der Waals surface area (Å²) in [5.41, 5.74) is 5.67. The van der Waals surface area contributed by atoms with E-state index in [1.807, 2.05) is 6.92 Å². The number of rotatable bonds is 6. The number of piperazine rings is 1. The number of nitrogens with two attached hydrogens (primary N) is 1. The first kappa shape index (κ1) is 14.2. The topological polar surface area (TPSA) is 65.1 Å². The minimum Gasteiger partial charge on any atom is -0.409 e. The zero-order chi connectivity index (χ0) is 12.7. The van der Waals surface area contributed by atoms with E-state index in [1.54, 1.807) is 0 Å². The predicted octanol–water partition coefficient (Wildman–Crippen LogP) is 0.489. The smallest absolute Gasteiger partial charge is 0.156 e. The van der Waals surface area contributed by atoms with Gasteiger partial charge in [0, 0.05) is 32.7 Å². The van der Waals surface area contributed by atoms with Gasteiger partial charge >= 0.3 is 0 Å². The predicted molar refractivity (Wildman–Crippen MR) is 66.1 cm³/mol. The molecular formula is C11H23FN4O. The number of hydrogen-bond acceptors (Lipinski definition) is 4. The second kappa shape index (κ2) is 7.45. The fourth-order valence-electron chi connectivity index (χ4n) is 2.30. The highest BCUT2D eigenvalue weighted by Gasteiger charge is 2.25. The Labute approximate surface area is 102 Å². The Hall–Kier alpha value is -0.880. The minimum atomic E-state index is -0.248. The Bertz CT molecular complexity index is 242. The monoisotopic (exact) mass is 246 g/mol. The summed E-state index contributed by atoms with van der Waals surface area (Å²) in [5.74, 6) is 0.282. The summed E-state index contributed by atoms with van der Waals surface area (Å²) >= 11 is 0. The van der Waals surface area contributed by atoms with Crippen molar-refractivity contribution in [3.8, 4) is 0 Å². The van der Waals surface area contributed by atoms with E-state index in [9.17, 15) is 4.39 Å². The number of nitrogens with zero attached hydrogens (tertiary/aromatic N) is 3. The van der Waals surface area contributed by atoms with Crippen LogP contribution in [0.2, 0.25) is 0 Å². The van der Waals surface area contributed by atoms with Crippen LogP contribution in [-0.4, -0.2) is 66.3 Å². The molecule has 0 aromatic carbocycles. The zero-order valence-corrected chi connectivity index (χ0v) is 10.5. The molecule has 0 bridgehead atoms. The molecule has 1 heterocycles. The molecule has 0 saturated carbocycles. The van der Waals surface area contributed by atoms with Gasteiger partial charge in [0.1, 0.15) is 0 Å². The molecule has 100 valence electrons. The molecule has 0 aromatic heterocycles. The van der Waals surface area contributed by atoms with Gasteiger partial charge in [-0.05, 0) is 12.8 Å². The number of halogens is 1. The van der Waals surface area contributed by atoms with Crippen molar-refractivity contribution in [2.24, 2.45) is 10.9 Å². The van der Waals surface area contributed by atoms with E-state index < -0.39 is 0 Å². The van der Waals surface area contributed by atoms with Crippen molar-refractivity contribution in [1.29, 1.82) is 0 Å². The van der Waals surface area contributed by atoms with E-state index in [4.69, 9.17) is 10.9 Å². The van der Waals surface area contributed by atoms with Crippen molar-refractivity contribution in [1.82, 2.24) is 9.80 Å². The Balaban J connectivity index is 2.39. The molecular weight excluding hydrogens is 223 g/mol. The van der Waals surface area contributed by atoms with E-state index in [1.165, 1.54) is 0 Å². The van der Waals surface area contributed by atoms with Crippen molar-refractivity contribution in [3.05, 3.63) is 0 Å². The molecule has 0 amide bonds. The minimum absolute atomic E-state index is 0.0170. The lowest BCUT2D eigenvalue weighted by Crippen LogP contribution is -2.54. The highest BCUT2D eigenvalue weighted by molar-refractivity contribution is 5.85. The van der Waals surface area contributed by atoms with Gasteiger partial charge in [0.25, 0.3) is 0 Å². The molecule has 1 aliphatic rings.